The number of aromatic nitrogens is 1. The lowest BCUT2D eigenvalue weighted by Crippen LogP contribution is -2.16. The van der Waals surface area contributed by atoms with Gasteiger partial charge in [0, 0.05) is 10.9 Å². The molecule has 0 unspecified atom stereocenters. The first kappa shape index (κ1) is 15.3. The molecular weight excluding hydrogens is 310 g/mol. The van der Waals surface area contributed by atoms with Gasteiger partial charge < -0.3 is 9.94 Å². The second-order valence-corrected chi connectivity index (χ2v) is 4.66. The average Bonchev–Trinajstić information content (AvgIpc) is 2.96. The van der Waals surface area contributed by atoms with Gasteiger partial charge in [-0.3, -0.25) is 14.9 Å². The van der Waals surface area contributed by atoms with Crippen molar-refractivity contribution in [3.63, 3.8) is 0 Å². The molecule has 112 valence electrons. The molecule has 2 aromatic rings. The van der Waals surface area contributed by atoms with Crippen LogP contribution >= 0.6 is 11.3 Å². The smallest absolute Gasteiger partial charge is 0.360 e. The lowest BCUT2D eigenvalue weighted by atomic mass is 10.2. The summed E-state index contributed by atoms with van der Waals surface area (Å²) in [6, 6.07) is 8.47. The minimum atomic E-state index is -1.41. The lowest BCUT2D eigenvalue weighted by molar-refractivity contribution is -0.130. The van der Waals surface area contributed by atoms with Gasteiger partial charge in [-0.05, 0) is 12.1 Å². The Hall–Kier alpha value is -3.07. The summed E-state index contributed by atoms with van der Waals surface area (Å²) < 4.78 is 0. The number of amides is 1. The molecule has 0 fully saturated rings. The molecule has 0 radical (unpaired) electrons. The van der Waals surface area contributed by atoms with E-state index >= 15 is 0 Å². The minimum Gasteiger partial charge on any atom is -0.476 e. The predicted molar refractivity (Wildman–Crippen MR) is 77.8 cm³/mol. The number of carboxylic acid groups (broad SMARTS) is 1. The molecule has 1 aromatic heterocycles. The van der Waals surface area contributed by atoms with E-state index in [0.717, 1.165) is 11.3 Å². The van der Waals surface area contributed by atoms with E-state index in [9.17, 15) is 14.4 Å². The van der Waals surface area contributed by atoms with Crippen LogP contribution in [0.1, 0.15) is 16.1 Å². The van der Waals surface area contributed by atoms with Gasteiger partial charge in [-0.25, -0.2) is 9.78 Å². The normalized spacial score (nSPS) is 10.8. The van der Waals surface area contributed by atoms with E-state index in [-0.39, 0.29) is 23.2 Å². The van der Waals surface area contributed by atoms with E-state index in [1.165, 1.54) is 5.38 Å². The molecule has 0 saturated carbocycles. The zero-order chi connectivity index (χ0) is 15.9. The number of oxime groups is 1. The molecule has 0 aliphatic heterocycles. The summed E-state index contributed by atoms with van der Waals surface area (Å²) in [5.74, 6) is -1.78. The maximum Gasteiger partial charge on any atom is 0.360 e. The first-order valence-electron chi connectivity index (χ1n) is 5.85. The molecule has 1 amide bonds. The molecule has 0 spiro atoms. The van der Waals surface area contributed by atoms with Gasteiger partial charge in [-0.1, -0.05) is 23.4 Å². The van der Waals surface area contributed by atoms with Crippen molar-refractivity contribution >= 4 is 40.5 Å². The molecular formula is C13H9N3O5S. The summed E-state index contributed by atoms with van der Waals surface area (Å²) in [5, 5.41) is 16.2. The Labute approximate surface area is 128 Å². The van der Waals surface area contributed by atoms with Gasteiger partial charge >= 0.3 is 12.4 Å². The van der Waals surface area contributed by atoms with Gasteiger partial charge in [0.1, 0.15) is 5.69 Å². The second-order valence-electron chi connectivity index (χ2n) is 3.80. The maximum absolute atomic E-state index is 11.9. The first-order chi connectivity index (χ1) is 10.6. The number of carbonyl (C=O) groups excluding carboxylic acids is 2. The van der Waals surface area contributed by atoms with Crippen molar-refractivity contribution in [1.29, 1.82) is 0 Å². The number of aliphatic carboxylic acids is 1. The van der Waals surface area contributed by atoms with Crippen molar-refractivity contribution in [3.05, 3.63) is 47.0 Å². The van der Waals surface area contributed by atoms with Crippen LogP contribution in [0.5, 0.6) is 0 Å². The van der Waals surface area contributed by atoms with Gasteiger partial charge in [0.05, 0.1) is 0 Å². The van der Waals surface area contributed by atoms with Crippen LogP contribution in [0.4, 0.5) is 5.13 Å². The van der Waals surface area contributed by atoms with E-state index < -0.39 is 11.7 Å². The monoisotopic (exact) mass is 319 g/mol. The molecule has 0 saturated heterocycles. The van der Waals surface area contributed by atoms with Crippen molar-refractivity contribution < 1.29 is 24.3 Å². The van der Waals surface area contributed by atoms with Crippen LogP contribution in [0.15, 0.2) is 40.9 Å². The molecule has 0 aliphatic rings. The van der Waals surface area contributed by atoms with Gasteiger partial charge in [0.15, 0.2) is 5.13 Å². The number of hydrogen-bond donors (Lipinski definition) is 2. The van der Waals surface area contributed by atoms with Crippen LogP contribution in [0.25, 0.3) is 0 Å². The Morgan fingerprint density at radius 1 is 1.32 bits per heavy atom. The number of nitrogens with one attached hydrogen (secondary N) is 1. The third-order valence-corrected chi connectivity index (χ3v) is 3.15. The first-order valence-corrected chi connectivity index (χ1v) is 6.73. The molecule has 2 N–H and O–H groups in total. The van der Waals surface area contributed by atoms with Gasteiger partial charge in [-0.2, -0.15) is 0 Å². The second kappa shape index (κ2) is 7.09. The number of benzene rings is 1. The van der Waals surface area contributed by atoms with Crippen LogP contribution in [0, 0.1) is 0 Å². The molecule has 9 heteroatoms. The van der Waals surface area contributed by atoms with E-state index in [1.807, 2.05) is 0 Å². The number of rotatable bonds is 6. The highest BCUT2D eigenvalue weighted by atomic mass is 32.1. The summed E-state index contributed by atoms with van der Waals surface area (Å²) in [7, 11) is 0. The van der Waals surface area contributed by atoms with Crippen LogP contribution in [0.2, 0.25) is 0 Å². The topological polar surface area (TPSA) is 118 Å². The standard InChI is InChI=1S/C13H9N3O5S/c17-7-21-16-10(12(19)20)9-6-22-13(14-9)15-11(18)8-4-2-1-3-5-8/h1-7H,(H,19,20)(H,14,15,18). The van der Waals surface area contributed by atoms with Gasteiger partial charge in [0.25, 0.3) is 5.91 Å². The Morgan fingerprint density at radius 2 is 2.05 bits per heavy atom. The summed E-state index contributed by atoms with van der Waals surface area (Å²) in [6.45, 7) is -0.00655. The highest BCUT2D eigenvalue weighted by Crippen LogP contribution is 2.17. The number of anilines is 1. The molecule has 1 aromatic carbocycles. The Morgan fingerprint density at radius 3 is 2.68 bits per heavy atom. The summed E-state index contributed by atoms with van der Waals surface area (Å²) >= 11 is 1.02. The lowest BCUT2D eigenvalue weighted by Gasteiger charge is -2.00. The number of nitrogens with zero attached hydrogens (tertiary/aromatic N) is 2. The van der Waals surface area contributed by atoms with Crippen LogP contribution in [0.3, 0.4) is 0 Å². The summed E-state index contributed by atoms with van der Waals surface area (Å²) in [5.41, 5.74) is -0.123. The molecule has 8 nitrogen and oxygen atoms in total. The fraction of sp³-hybridized carbons (Fsp3) is 0. The van der Waals surface area contributed by atoms with E-state index in [4.69, 9.17) is 5.11 Å². The van der Waals surface area contributed by atoms with Crippen molar-refractivity contribution in [2.24, 2.45) is 5.16 Å². The SMILES string of the molecule is O=CON=C(C(=O)O)c1csc(NC(=O)c2ccccc2)n1. The molecule has 22 heavy (non-hydrogen) atoms. The quantitative estimate of drug-likeness (QED) is 0.359. The van der Waals surface area contributed by atoms with Gasteiger partial charge in [0.2, 0.25) is 5.71 Å². The number of hydrogen-bond acceptors (Lipinski definition) is 7. The van der Waals surface area contributed by atoms with Crippen LogP contribution < -0.4 is 5.32 Å². The van der Waals surface area contributed by atoms with Crippen LogP contribution in [-0.2, 0) is 14.4 Å². The van der Waals surface area contributed by atoms with Crippen molar-refractivity contribution in [2.45, 2.75) is 0 Å². The predicted octanol–water partition coefficient (Wildman–Crippen LogP) is 1.36. The van der Waals surface area contributed by atoms with Crippen molar-refractivity contribution in [3.8, 4) is 0 Å². The third kappa shape index (κ3) is 3.73. The van der Waals surface area contributed by atoms with E-state index in [1.54, 1.807) is 30.3 Å². The Kier molecular flexibility index (Phi) is 4.94. The number of carboxylic acids is 1. The zero-order valence-electron chi connectivity index (χ0n) is 10.9. The molecule has 0 aliphatic carbocycles. The fourth-order valence-corrected chi connectivity index (χ4v) is 2.16. The summed E-state index contributed by atoms with van der Waals surface area (Å²) in [6.07, 6.45) is 0. The summed E-state index contributed by atoms with van der Waals surface area (Å²) in [4.78, 5) is 41.0. The van der Waals surface area contributed by atoms with Crippen molar-refractivity contribution in [2.75, 3.05) is 5.32 Å². The molecule has 1 heterocycles. The maximum atomic E-state index is 11.9. The number of carbonyl (C=O) groups is 3. The third-order valence-electron chi connectivity index (χ3n) is 2.39. The van der Waals surface area contributed by atoms with Gasteiger partial charge in [-0.15, -0.1) is 11.3 Å². The number of thiazole rings is 1. The minimum absolute atomic E-state index is 0.00655. The van der Waals surface area contributed by atoms with Crippen LogP contribution in [-0.4, -0.2) is 34.2 Å². The Bertz CT molecular complexity index is 726. The highest BCUT2D eigenvalue weighted by molar-refractivity contribution is 7.14. The fourth-order valence-electron chi connectivity index (χ4n) is 1.47. The largest absolute Gasteiger partial charge is 0.476 e. The Balaban J connectivity index is 2.16. The molecule has 0 atom stereocenters. The van der Waals surface area contributed by atoms with Crippen molar-refractivity contribution in [1.82, 2.24) is 4.98 Å². The zero-order valence-corrected chi connectivity index (χ0v) is 11.7. The average molecular weight is 319 g/mol. The van der Waals surface area contributed by atoms with E-state index in [0.29, 0.717) is 5.56 Å². The highest BCUT2D eigenvalue weighted by Gasteiger charge is 2.18. The van der Waals surface area contributed by atoms with E-state index in [2.05, 4.69) is 20.3 Å². The molecule has 2 rings (SSSR count). The molecule has 0 bridgehead atoms.